The standard InChI is InChI=1S/C18H14O4.C7H5ClO/c1-11-3-5-13(6-4-11)16-10-21-17-9-14(22-12(2)19)7-8-15(17)18(16)20;1-4-6-3-2-5(8)7(4)9-6/h3-10H,1-2H3;2-3H,1H3. The number of rotatable bonds is 2. The van der Waals surface area contributed by atoms with Crippen LogP contribution in [-0.2, 0) is 4.79 Å². The molecule has 0 atom stereocenters. The van der Waals surface area contributed by atoms with E-state index in [0.717, 1.165) is 22.6 Å². The topological polar surface area (TPSA) is 65.7 Å². The van der Waals surface area contributed by atoms with E-state index < -0.39 is 5.97 Å². The highest BCUT2D eigenvalue weighted by atomic mass is 35.5. The molecule has 4 aromatic rings. The molecule has 156 valence electrons. The molecule has 0 N–H and O–H groups in total. The Labute approximate surface area is 183 Å². The molecule has 3 heterocycles. The largest absolute Gasteiger partial charge is 0.463 e. The molecular weight excluding hydrogens is 416 g/mol. The number of hydrogen-bond donors (Lipinski definition) is 0. The van der Waals surface area contributed by atoms with Gasteiger partial charge in [0.05, 0.1) is 16.0 Å². The number of halogens is 1. The van der Waals surface area contributed by atoms with Gasteiger partial charge in [-0.3, -0.25) is 9.59 Å². The van der Waals surface area contributed by atoms with Crippen LogP contribution in [0.15, 0.2) is 70.1 Å². The number of aryl methyl sites for hydroxylation is 2. The van der Waals surface area contributed by atoms with Crippen molar-refractivity contribution < 1.29 is 18.7 Å². The Balaban J connectivity index is 0.000000212. The Hall–Kier alpha value is -3.57. The molecule has 2 aliphatic rings. The van der Waals surface area contributed by atoms with Gasteiger partial charge in [-0.15, -0.1) is 0 Å². The molecule has 6 heteroatoms. The van der Waals surface area contributed by atoms with Crippen molar-refractivity contribution in [1.82, 2.24) is 0 Å². The molecule has 0 fully saturated rings. The van der Waals surface area contributed by atoms with E-state index in [4.69, 9.17) is 25.5 Å². The summed E-state index contributed by atoms with van der Waals surface area (Å²) in [6.45, 7) is 5.31. The van der Waals surface area contributed by atoms with Crippen LogP contribution in [0.25, 0.3) is 22.1 Å². The molecule has 0 spiro atoms. The smallest absolute Gasteiger partial charge is 0.308 e. The maximum absolute atomic E-state index is 12.6. The summed E-state index contributed by atoms with van der Waals surface area (Å²) in [7, 11) is 0. The van der Waals surface area contributed by atoms with Gasteiger partial charge >= 0.3 is 5.97 Å². The van der Waals surface area contributed by atoms with E-state index in [9.17, 15) is 9.59 Å². The zero-order chi connectivity index (χ0) is 22.1. The van der Waals surface area contributed by atoms with Crippen LogP contribution in [0.5, 0.6) is 17.2 Å². The monoisotopic (exact) mass is 434 g/mol. The average Bonchev–Trinajstić information content (AvgIpc) is 2.74. The second kappa shape index (κ2) is 8.28. The van der Waals surface area contributed by atoms with Crippen molar-refractivity contribution >= 4 is 28.5 Å². The number of hydrogen-bond acceptors (Lipinski definition) is 5. The van der Waals surface area contributed by atoms with Crippen LogP contribution >= 0.6 is 11.6 Å². The third kappa shape index (κ3) is 4.18. The van der Waals surface area contributed by atoms with Crippen molar-refractivity contribution in [2.24, 2.45) is 0 Å². The Morgan fingerprint density at radius 2 is 1.74 bits per heavy atom. The molecule has 1 aromatic heterocycles. The highest BCUT2D eigenvalue weighted by Gasteiger charge is 2.20. The summed E-state index contributed by atoms with van der Waals surface area (Å²) in [6.07, 6.45) is 1.44. The summed E-state index contributed by atoms with van der Waals surface area (Å²) in [5, 5.41) is 1.16. The van der Waals surface area contributed by atoms with E-state index in [2.05, 4.69) is 0 Å². The SMILES string of the molecule is CC(=O)Oc1ccc2c(=O)c(-c3ccc(C)cc3)coc2c1.Cc1c2ccc(Cl)c1O2. The lowest BCUT2D eigenvalue weighted by Crippen LogP contribution is -2.06. The predicted molar refractivity (Wildman–Crippen MR) is 120 cm³/mol. The molecule has 0 amide bonds. The minimum atomic E-state index is -0.419. The predicted octanol–water partition coefficient (Wildman–Crippen LogP) is 6.45. The second-order valence-electron chi connectivity index (χ2n) is 7.20. The molecule has 5 nitrogen and oxygen atoms in total. The summed E-state index contributed by atoms with van der Waals surface area (Å²) in [5.74, 6) is 1.73. The van der Waals surface area contributed by atoms with Gasteiger partial charge < -0.3 is 13.9 Å². The molecule has 31 heavy (non-hydrogen) atoms. The van der Waals surface area contributed by atoms with E-state index in [1.165, 1.54) is 24.8 Å². The van der Waals surface area contributed by atoms with Gasteiger partial charge in [-0.2, -0.15) is 0 Å². The van der Waals surface area contributed by atoms with Gasteiger partial charge in [-0.25, -0.2) is 0 Å². The van der Waals surface area contributed by atoms with Crippen LogP contribution in [-0.4, -0.2) is 5.97 Å². The molecule has 2 aliphatic heterocycles. The Bertz CT molecular complexity index is 1350. The summed E-state index contributed by atoms with van der Waals surface area (Å²) in [4.78, 5) is 23.5. The van der Waals surface area contributed by atoms with E-state index in [-0.39, 0.29) is 5.43 Å². The fraction of sp³-hybridized carbons (Fsp3) is 0.120. The average molecular weight is 435 g/mol. The third-order valence-electron chi connectivity index (χ3n) is 4.89. The molecule has 0 saturated heterocycles. The molecule has 3 aromatic carbocycles. The molecular formula is C25H19ClO5. The molecule has 0 unspecified atom stereocenters. The number of carbonyl (C=O) groups excluding carboxylic acids is 1. The Morgan fingerprint density at radius 3 is 2.32 bits per heavy atom. The lowest BCUT2D eigenvalue weighted by molar-refractivity contribution is -0.131. The summed E-state index contributed by atoms with van der Waals surface area (Å²) < 4.78 is 15.7. The normalized spacial score (nSPS) is 11.1. The van der Waals surface area contributed by atoms with Crippen LogP contribution in [0.2, 0.25) is 5.02 Å². The maximum Gasteiger partial charge on any atom is 0.308 e. The quantitative estimate of drug-likeness (QED) is 0.236. The first-order valence-electron chi connectivity index (χ1n) is 9.61. The fourth-order valence-corrected chi connectivity index (χ4v) is 3.45. The van der Waals surface area contributed by atoms with Crippen molar-refractivity contribution in [2.45, 2.75) is 20.8 Å². The van der Waals surface area contributed by atoms with Gasteiger partial charge in [0, 0.05) is 18.6 Å². The fourth-order valence-electron chi connectivity index (χ4n) is 3.21. The summed E-state index contributed by atoms with van der Waals surface area (Å²) in [5.41, 5.74) is 3.89. The van der Waals surface area contributed by atoms with Gasteiger partial charge in [-0.05, 0) is 43.7 Å². The van der Waals surface area contributed by atoms with Crippen LogP contribution in [0.4, 0.5) is 0 Å². The summed E-state index contributed by atoms with van der Waals surface area (Å²) >= 11 is 5.73. The first kappa shape index (κ1) is 20.7. The Morgan fingerprint density at radius 1 is 1.00 bits per heavy atom. The van der Waals surface area contributed by atoms with Crippen molar-refractivity contribution in [3.8, 4) is 28.4 Å². The first-order chi connectivity index (χ1) is 14.8. The van der Waals surface area contributed by atoms with Gasteiger partial charge in [0.25, 0.3) is 0 Å². The number of ether oxygens (including phenoxy) is 2. The van der Waals surface area contributed by atoms with Crippen molar-refractivity contribution in [2.75, 3.05) is 0 Å². The first-order valence-corrected chi connectivity index (χ1v) is 9.99. The molecule has 6 rings (SSSR count). The molecule has 0 aliphatic carbocycles. The van der Waals surface area contributed by atoms with Crippen LogP contribution < -0.4 is 14.9 Å². The van der Waals surface area contributed by atoms with Gasteiger partial charge in [0.1, 0.15) is 23.3 Å². The van der Waals surface area contributed by atoms with E-state index >= 15 is 0 Å². The van der Waals surface area contributed by atoms with E-state index in [0.29, 0.717) is 27.3 Å². The lowest BCUT2D eigenvalue weighted by Gasteiger charge is -2.22. The zero-order valence-corrected chi connectivity index (χ0v) is 17.9. The zero-order valence-electron chi connectivity index (χ0n) is 17.2. The van der Waals surface area contributed by atoms with Crippen LogP contribution in [0, 0.1) is 13.8 Å². The van der Waals surface area contributed by atoms with Crippen molar-refractivity contribution in [3.63, 3.8) is 0 Å². The van der Waals surface area contributed by atoms with Gasteiger partial charge in [-0.1, -0.05) is 41.4 Å². The number of carbonyl (C=O) groups is 1. The molecule has 0 saturated carbocycles. The van der Waals surface area contributed by atoms with Crippen molar-refractivity contribution in [3.05, 3.63) is 87.2 Å². The third-order valence-corrected chi connectivity index (χ3v) is 5.19. The lowest BCUT2D eigenvalue weighted by atomic mass is 10.0. The maximum atomic E-state index is 12.6. The number of benzene rings is 3. The second-order valence-corrected chi connectivity index (χ2v) is 7.61. The summed E-state index contributed by atoms with van der Waals surface area (Å²) in [6, 6.07) is 16.1. The van der Waals surface area contributed by atoms with Gasteiger partial charge in [0.2, 0.25) is 0 Å². The number of esters is 1. The van der Waals surface area contributed by atoms with Crippen LogP contribution in [0.3, 0.4) is 0 Å². The number of fused-ring (bicyclic) bond motifs is 3. The van der Waals surface area contributed by atoms with Crippen LogP contribution in [0.1, 0.15) is 18.1 Å². The Kier molecular flexibility index (Phi) is 5.53. The molecule has 0 radical (unpaired) electrons. The van der Waals surface area contributed by atoms with E-state index in [1.54, 1.807) is 12.1 Å². The highest BCUT2D eigenvalue weighted by Crippen LogP contribution is 2.46. The highest BCUT2D eigenvalue weighted by molar-refractivity contribution is 6.32. The minimum Gasteiger partial charge on any atom is -0.463 e. The molecule has 2 bridgehead atoms. The van der Waals surface area contributed by atoms with Gasteiger partial charge in [0.15, 0.2) is 11.2 Å². The van der Waals surface area contributed by atoms with Crippen molar-refractivity contribution in [1.29, 1.82) is 0 Å². The van der Waals surface area contributed by atoms with E-state index in [1.807, 2.05) is 50.2 Å². The minimum absolute atomic E-state index is 0.112.